The number of hydrogen-bond acceptors (Lipinski definition) is 3. The van der Waals surface area contributed by atoms with Crippen molar-refractivity contribution in [3.8, 4) is 0 Å². The Morgan fingerprint density at radius 1 is 1.00 bits per heavy atom. The van der Waals surface area contributed by atoms with Gasteiger partial charge in [-0.05, 0) is 38.5 Å². The van der Waals surface area contributed by atoms with Crippen LogP contribution >= 0.6 is 0 Å². The van der Waals surface area contributed by atoms with Crippen molar-refractivity contribution in [1.82, 2.24) is 0 Å². The predicted molar refractivity (Wildman–Crippen MR) is 63.0 cm³/mol. The van der Waals surface area contributed by atoms with Crippen LogP contribution in [0.2, 0.25) is 0 Å². The summed E-state index contributed by atoms with van der Waals surface area (Å²) in [5, 5.41) is 27.0. The van der Waals surface area contributed by atoms with Crippen molar-refractivity contribution in [2.24, 2.45) is 0 Å². The van der Waals surface area contributed by atoms with Crippen LogP contribution in [0.4, 0.5) is 0 Å². The first-order valence-corrected chi connectivity index (χ1v) is 5.08. The van der Waals surface area contributed by atoms with Crippen LogP contribution in [0.3, 0.4) is 0 Å². The minimum atomic E-state index is -0.641. The Morgan fingerprint density at radius 2 is 1.45 bits per heavy atom. The maximum Gasteiger partial charge on any atom is 0 e. The first kappa shape index (κ1) is 31.8. The van der Waals surface area contributed by atoms with E-state index in [-0.39, 0.29) is 30.1 Å². The van der Waals surface area contributed by atoms with E-state index < -0.39 is 12.2 Å². The first-order chi connectivity index (χ1) is 9.20. The van der Waals surface area contributed by atoms with Gasteiger partial charge in [0.25, 0.3) is 0 Å². The third kappa shape index (κ3) is 36.0. The van der Waals surface area contributed by atoms with E-state index >= 15 is 0 Å². The van der Waals surface area contributed by atoms with Gasteiger partial charge in [-0.15, -0.1) is 0 Å². The summed E-state index contributed by atoms with van der Waals surface area (Å²) < 4.78 is 22.5. The molecule has 0 aliphatic heterocycles. The third-order valence-electron chi connectivity index (χ3n) is 1.61. The van der Waals surface area contributed by atoms with Gasteiger partial charge >= 0.3 is 33.9 Å². The summed E-state index contributed by atoms with van der Waals surface area (Å²) in [4.78, 5) is 0. The van der Waals surface area contributed by atoms with E-state index in [1.165, 1.54) is 0 Å². The summed E-state index contributed by atoms with van der Waals surface area (Å²) in [6, 6.07) is 0. The van der Waals surface area contributed by atoms with Crippen LogP contribution < -0.4 is 0 Å². The maximum atomic E-state index is 9.31. The summed E-state index contributed by atoms with van der Waals surface area (Å²) in [7, 11) is 0. The van der Waals surface area contributed by atoms with Crippen molar-refractivity contribution in [3.05, 3.63) is 45.6 Å². The molecule has 0 fully saturated rings. The topological polar surface area (TPSA) is 120 Å². The van der Waals surface area contributed by atoms with Gasteiger partial charge in [-0.1, -0.05) is 6.92 Å². The van der Waals surface area contributed by atoms with Crippen LogP contribution in [-0.2, 0) is 31.0 Å². The molecule has 0 aliphatic rings. The van der Waals surface area contributed by atoms with Crippen LogP contribution in [0.25, 0.3) is 0 Å². The second kappa shape index (κ2) is 36.3. The van der Waals surface area contributed by atoms with Crippen LogP contribution in [0.5, 0.6) is 0 Å². The normalized spacial score (nSPS) is 10.5. The van der Waals surface area contributed by atoms with Crippen LogP contribution in [0.1, 0.15) is 19.8 Å². The van der Waals surface area contributed by atoms with Crippen molar-refractivity contribution in [2.75, 3.05) is 6.61 Å². The van der Waals surface area contributed by atoms with Gasteiger partial charge in [-0.3, -0.25) is 0 Å². The first-order valence-electron chi connectivity index (χ1n) is 5.08. The molecule has 0 aromatic carbocycles. The van der Waals surface area contributed by atoms with Gasteiger partial charge in [-0.25, -0.2) is 0 Å². The van der Waals surface area contributed by atoms with Gasteiger partial charge in [0.05, 0.1) is 12.2 Å². The SMILES string of the molecule is C[CH][CH][CH][CH][C@@H](O)C[C@@H](O)CCO.[C-]#[O+].[C-]#[O+].[C-]#[O+].[Fe]. The molecule has 0 bridgehead atoms. The summed E-state index contributed by atoms with van der Waals surface area (Å²) in [5.74, 6) is 0. The van der Waals surface area contributed by atoms with Crippen molar-refractivity contribution in [2.45, 2.75) is 32.0 Å². The number of hydrogen-bond donors (Lipinski definition) is 3. The molecule has 3 N–H and O–H groups in total. The van der Waals surface area contributed by atoms with Crippen molar-refractivity contribution >= 4 is 0 Å². The Labute approximate surface area is 131 Å². The Balaban J connectivity index is -0.0000000940. The summed E-state index contributed by atoms with van der Waals surface area (Å²) >= 11 is 0. The number of unbranched alkanes of at least 4 members (excludes halogenated alkanes) is 2. The smallest absolute Gasteiger partial charge is 0 e. The average Bonchev–Trinajstić information content (AvgIpc) is 2.46. The predicted octanol–water partition coefficient (Wildman–Crippen LogP) is 0.203. The molecule has 0 aromatic rings. The van der Waals surface area contributed by atoms with Crippen LogP contribution in [0, 0.1) is 45.6 Å². The Bertz CT molecular complexity index is 191. The van der Waals surface area contributed by atoms with Crippen molar-refractivity contribution < 1.29 is 46.3 Å². The molecule has 2 atom stereocenters. The summed E-state index contributed by atoms with van der Waals surface area (Å²) in [6.07, 6.45) is 6.32. The van der Waals surface area contributed by atoms with Gasteiger partial charge in [0.1, 0.15) is 0 Å². The molecule has 20 heavy (non-hydrogen) atoms. The maximum absolute atomic E-state index is 9.31. The largest absolute Gasteiger partial charge is 0 e. The van der Waals surface area contributed by atoms with Crippen LogP contribution in [0.15, 0.2) is 0 Å². The van der Waals surface area contributed by atoms with E-state index in [0.717, 1.165) is 0 Å². The van der Waals surface area contributed by atoms with Gasteiger partial charge in [0.15, 0.2) is 0 Å². The molecule has 0 aliphatic carbocycles. The van der Waals surface area contributed by atoms with Gasteiger partial charge in [-0.2, -0.15) is 0 Å². The van der Waals surface area contributed by atoms with E-state index in [4.69, 9.17) is 19.1 Å². The van der Waals surface area contributed by atoms with E-state index in [2.05, 4.69) is 20.0 Å². The molecule has 0 saturated heterocycles. The molecular weight excluding hydrogens is 308 g/mol. The molecule has 0 saturated carbocycles. The molecule has 4 radical (unpaired) electrons. The fraction of sp³-hybridized carbons (Fsp3) is 0.462. The zero-order valence-electron chi connectivity index (χ0n) is 11.0. The molecule has 0 heterocycles. The average molecular weight is 326 g/mol. The second-order valence-electron chi connectivity index (χ2n) is 2.88. The zero-order valence-corrected chi connectivity index (χ0v) is 12.1. The molecule has 0 amide bonds. The van der Waals surface area contributed by atoms with Crippen molar-refractivity contribution in [3.63, 3.8) is 0 Å². The quantitative estimate of drug-likeness (QED) is 0.256. The monoisotopic (exact) mass is 326 g/mol. The molecule has 0 aromatic heterocycles. The second-order valence-corrected chi connectivity index (χ2v) is 2.88. The van der Waals surface area contributed by atoms with Gasteiger partial charge in [0.2, 0.25) is 0 Å². The fourth-order valence-electron chi connectivity index (χ4n) is 0.928. The fourth-order valence-corrected chi connectivity index (χ4v) is 0.928. The number of aliphatic hydroxyl groups excluding tert-OH is 3. The number of aliphatic hydroxyl groups is 3. The molecule has 0 unspecified atom stereocenters. The summed E-state index contributed by atoms with van der Waals surface area (Å²) in [6.45, 7) is 15.3. The zero-order chi connectivity index (χ0) is 16.1. The molecule has 0 rings (SSSR count). The Hall–Kier alpha value is -0.381. The minimum Gasteiger partial charge on any atom is 0 e. The molecular formula is C13H18FeO6. The van der Waals surface area contributed by atoms with E-state index in [1.54, 1.807) is 12.8 Å². The molecule has 7 heteroatoms. The van der Waals surface area contributed by atoms with Gasteiger partial charge in [0, 0.05) is 23.7 Å². The summed E-state index contributed by atoms with van der Waals surface area (Å²) in [5.41, 5.74) is 0. The molecule has 0 spiro atoms. The van der Waals surface area contributed by atoms with E-state index in [9.17, 15) is 10.2 Å². The van der Waals surface area contributed by atoms with Crippen LogP contribution in [-0.4, -0.2) is 34.1 Å². The van der Waals surface area contributed by atoms with E-state index in [0.29, 0.717) is 6.42 Å². The van der Waals surface area contributed by atoms with Gasteiger partial charge < -0.3 is 15.3 Å². The molecule has 6 nitrogen and oxygen atoms in total. The minimum absolute atomic E-state index is 0. The number of rotatable bonds is 8. The standard InChI is InChI=1S/C10H18O3.3CO.Fe/c1-2-3-4-5-9(12)8-10(13)6-7-11;3*1-2;/h2-5,9-13H,6-8H2,1H3;;;;/t9-,10+;;;;/m1..../s1. The third-order valence-corrected chi connectivity index (χ3v) is 1.61. The Kier molecular flexibility index (Phi) is 57.8. The van der Waals surface area contributed by atoms with E-state index in [1.807, 2.05) is 19.8 Å². The molecule has 114 valence electrons. The Morgan fingerprint density at radius 3 is 1.80 bits per heavy atom. The van der Waals surface area contributed by atoms with Crippen molar-refractivity contribution in [1.29, 1.82) is 0 Å².